The maximum Gasteiger partial charge on any atom is 0.107 e. The Bertz CT molecular complexity index is 1070. The van der Waals surface area contributed by atoms with E-state index in [0.717, 1.165) is 41.5 Å². The van der Waals surface area contributed by atoms with Crippen LogP contribution in [-0.2, 0) is 19.4 Å². The molecule has 1 aliphatic carbocycles. The van der Waals surface area contributed by atoms with Crippen LogP contribution in [0, 0.1) is 0 Å². The van der Waals surface area contributed by atoms with Gasteiger partial charge in [-0.3, -0.25) is 0 Å². The molecule has 4 aromatic rings. The van der Waals surface area contributed by atoms with Crippen molar-refractivity contribution >= 4 is 22.6 Å². The summed E-state index contributed by atoms with van der Waals surface area (Å²) < 4.78 is 0. The average Bonchev–Trinajstić information content (AvgIpc) is 3.34. The van der Waals surface area contributed by atoms with Crippen LogP contribution in [0.25, 0.3) is 22.2 Å². The number of fused-ring (bicyclic) bond motifs is 2. The van der Waals surface area contributed by atoms with E-state index in [-0.39, 0.29) is 0 Å². The number of imidazole rings is 1. The first-order valence-electron chi connectivity index (χ1n) is 9.29. The molecular weight excluding hydrogens is 354 g/mol. The molecule has 0 saturated heterocycles. The summed E-state index contributed by atoms with van der Waals surface area (Å²) in [5, 5.41) is 4.39. The van der Waals surface area contributed by atoms with Crippen LogP contribution >= 0.6 is 11.6 Å². The van der Waals surface area contributed by atoms with Gasteiger partial charge in [0.25, 0.3) is 0 Å². The van der Waals surface area contributed by atoms with Crippen molar-refractivity contribution in [2.24, 2.45) is 0 Å². The molecule has 0 unspecified atom stereocenters. The van der Waals surface area contributed by atoms with Gasteiger partial charge in [0.2, 0.25) is 0 Å². The minimum Gasteiger partial charge on any atom is -0.345 e. The molecule has 2 N–H and O–H groups in total. The average molecular weight is 374 g/mol. The van der Waals surface area contributed by atoms with Gasteiger partial charge in [0.1, 0.15) is 5.52 Å². The Balaban J connectivity index is 1.28. The van der Waals surface area contributed by atoms with Crippen LogP contribution in [0.4, 0.5) is 0 Å². The van der Waals surface area contributed by atoms with E-state index in [9.17, 15) is 0 Å². The van der Waals surface area contributed by atoms with Crippen molar-refractivity contribution in [2.75, 3.05) is 0 Å². The smallest absolute Gasteiger partial charge is 0.107 e. The van der Waals surface area contributed by atoms with Crippen LogP contribution in [0.3, 0.4) is 0 Å². The second-order valence-electron chi connectivity index (χ2n) is 7.18. The lowest BCUT2D eigenvalue weighted by Gasteiger charge is -2.12. The van der Waals surface area contributed by atoms with E-state index in [2.05, 4.69) is 63.8 Å². The van der Waals surface area contributed by atoms with E-state index in [4.69, 9.17) is 11.6 Å². The van der Waals surface area contributed by atoms with Crippen molar-refractivity contribution in [3.8, 4) is 11.1 Å². The molecule has 27 heavy (non-hydrogen) atoms. The predicted octanol–water partition coefficient (Wildman–Crippen LogP) is 5.14. The van der Waals surface area contributed by atoms with Crippen LogP contribution in [0.5, 0.6) is 0 Å². The summed E-state index contributed by atoms with van der Waals surface area (Å²) in [5.74, 6) is 0. The lowest BCUT2D eigenvalue weighted by atomic mass is 10.0. The predicted molar refractivity (Wildman–Crippen MR) is 111 cm³/mol. The fraction of sp³-hybridized carbons (Fsp3) is 0.174. The number of aromatic nitrogens is 2. The van der Waals surface area contributed by atoms with Gasteiger partial charge in [0.15, 0.2) is 0 Å². The van der Waals surface area contributed by atoms with Crippen LogP contribution in [0.1, 0.15) is 16.7 Å². The van der Waals surface area contributed by atoms with Crippen molar-refractivity contribution in [3.05, 3.63) is 88.7 Å². The number of nitrogens with one attached hydrogen (secondary N) is 2. The zero-order valence-electron chi connectivity index (χ0n) is 14.9. The first-order chi connectivity index (χ1) is 13.3. The van der Waals surface area contributed by atoms with Gasteiger partial charge >= 0.3 is 0 Å². The van der Waals surface area contributed by atoms with Crippen molar-refractivity contribution < 1.29 is 0 Å². The van der Waals surface area contributed by atoms with E-state index in [1.54, 1.807) is 6.33 Å². The first-order valence-corrected chi connectivity index (χ1v) is 9.67. The Morgan fingerprint density at radius 2 is 1.70 bits per heavy atom. The van der Waals surface area contributed by atoms with Gasteiger partial charge in [-0.2, -0.15) is 0 Å². The largest absolute Gasteiger partial charge is 0.345 e. The minimum atomic E-state index is 0.526. The van der Waals surface area contributed by atoms with Crippen LogP contribution < -0.4 is 5.32 Å². The summed E-state index contributed by atoms with van der Waals surface area (Å²) in [6.45, 7) is 0.880. The SMILES string of the molecule is Clc1c(-c2ccc(CNC3Cc4ccccc4C3)cc2)ccc2[nH]cnc12. The summed E-state index contributed by atoms with van der Waals surface area (Å²) in [5.41, 5.74) is 8.15. The Morgan fingerprint density at radius 1 is 0.963 bits per heavy atom. The fourth-order valence-corrected chi connectivity index (χ4v) is 4.29. The molecule has 134 valence electrons. The monoisotopic (exact) mass is 373 g/mol. The Morgan fingerprint density at radius 3 is 2.44 bits per heavy atom. The molecule has 0 aliphatic heterocycles. The van der Waals surface area contributed by atoms with Crippen LogP contribution in [-0.4, -0.2) is 16.0 Å². The van der Waals surface area contributed by atoms with E-state index in [1.165, 1.54) is 16.7 Å². The maximum atomic E-state index is 6.55. The lowest BCUT2D eigenvalue weighted by molar-refractivity contribution is 0.533. The van der Waals surface area contributed by atoms with Gasteiger partial charge in [-0.15, -0.1) is 0 Å². The number of nitrogens with zero attached hydrogens (tertiary/aromatic N) is 1. The molecule has 0 saturated carbocycles. The Kier molecular flexibility index (Phi) is 4.19. The van der Waals surface area contributed by atoms with Gasteiger partial charge in [-0.25, -0.2) is 4.98 Å². The van der Waals surface area contributed by atoms with Crippen molar-refractivity contribution in [2.45, 2.75) is 25.4 Å². The summed E-state index contributed by atoms with van der Waals surface area (Å²) in [6.07, 6.45) is 3.91. The molecule has 4 heteroatoms. The normalized spacial score (nSPS) is 14.0. The van der Waals surface area contributed by atoms with Gasteiger partial charge in [-0.05, 0) is 41.2 Å². The van der Waals surface area contributed by atoms with Gasteiger partial charge in [0, 0.05) is 18.2 Å². The van der Waals surface area contributed by atoms with Gasteiger partial charge in [-0.1, -0.05) is 66.2 Å². The maximum absolute atomic E-state index is 6.55. The first kappa shape index (κ1) is 16.5. The summed E-state index contributed by atoms with van der Waals surface area (Å²) in [4.78, 5) is 7.41. The summed E-state index contributed by atoms with van der Waals surface area (Å²) >= 11 is 6.55. The Labute approximate surface area is 163 Å². The van der Waals surface area contributed by atoms with Crippen molar-refractivity contribution in [1.82, 2.24) is 15.3 Å². The fourth-order valence-electron chi connectivity index (χ4n) is 3.96. The molecular formula is C23H20ClN3. The van der Waals surface area contributed by atoms with Crippen molar-refractivity contribution in [3.63, 3.8) is 0 Å². The van der Waals surface area contributed by atoms with Gasteiger partial charge in [0.05, 0.1) is 16.9 Å². The zero-order chi connectivity index (χ0) is 18.2. The topological polar surface area (TPSA) is 40.7 Å². The van der Waals surface area contributed by atoms with E-state index < -0.39 is 0 Å². The third kappa shape index (κ3) is 3.14. The molecule has 0 spiro atoms. The number of H-pyrrole nitrogens is 1. The second-order valence-corrected chi connectivity index (χ2v) is 7.56. The summed E-state index contributed by atoms with van der Waals surface area (Å²) in [7, 11) is 0. The lowest BCUT2D eigenvalue weighted by Crippen LogP contribution is -2.28. The number of hydrogen-bond acceptors (Lipinski definition) is 2. The molecule has 1 aromatic heterocycles. The highest BCUT2D eigenvalue weighted by atomic mass is 35.5. The van der Waals surface area contributed by atoms with E-state index in [0.29, 0.717) is 11.1 Å². The number of hydrogen-bond donors (Lipinski definition) is 2. The highest BCUT2D eigenvalue weighted by Gasteiger charge is 2.20. The van der Waals surface area contributed by atoms with Crippen LogP contribution in [0.2, 0.25) is 5.02 Å². The molecule has 1 heterocycles. The molecule has 5 rings (SSSR count). The third-order valence-electron chi connectivity index (χ3n) is 5.44. The second kappa shape index (κ2) is 6.84. The Hall–Kier alpha value is -2.62. The number of aromatic amines is 1. The molecule has 3 nitrogen and oxygen atoms in total. The van der Waals surface area contributed by atoms with Crippen LogP contribution in [0.15, 0.2) is 67.0 Å². The quantitative estimate of drug-likeness (QED) is 0.520. The molecule has 0 amide bonds. The molecule has 0 fully saturated rings. The van der Waals surface area contributed by atoms with E-state index >= 15 is 0 Å². The molecule has 1 aliphatic rings. The highest BCUT2D eigenvalue weighted by molar-refractivity contribution is 6.37. The van der Waals surface area contributed by atoms with E-state index in [1.807, 2.05) is 12.1 Å². The molecule has 0 bridgehead atoms. The molecule has 0 radical (unpaired) electrons. The highest BCUT2D eigenvalue weighted by Crippen LogP contribution is 2.33. The van der Waals surface area contributed by atoms with Crippen molar-refractivity contribution in [1.29, 1.82) is 0 Å². The van der Waals surface area contributed by atoms with Gasteiger partial charge < -0.3 is 10.3 Å². The minimum absolute atomic E-state index is 0.526. The summed E-state index contributed by atoms with van der Waals surface area (Å²) in [6, 6.07) is 22.0. The standard InChI is InChI=1S/C23H20ClN3/c24-22-20(9-10-21-23(22)27-14-26-21)16-7-5-15(6-8-16)13-25-19-11-17-3-1-2-4-18(17)12-19/h1-10,14,19,25H,11-13H2,(H,26,27). The number of halogens is 1. The molecule has 3 aromatic carbocycles. The number of benzene rings is 3. The number of rotatable bonds is 4. The zero-order valence-corrected chi connectivity index (χ0v) is 15.6. The third-order valence-corrected chi connectivity index (χ3v) is 5.82. The molecule has 0 atom stereocenters.